The van der Waals surface area contributed by atoms with Gasteiger partial charge in [-0.1, -0.05) is 12.1 Å². The van der Waals surface area contributed by atoms with E-state index >= 15 is 0 Å². The maximum atomic E-state index is 11.4. The van der Waals surface area contributed by atoms with Crippen LogP contribution in [0.2, 0.25) is 0 Å². The molecule has 0 aliphatic carbocycles. The Bertz CT molecular complexity index is 605. The number of rotatable bonds is 3. The molecule has 0 unspecified atom stereocenters. The Morgan fingerprint density at radius 2 is 2.11 bits per heavy atom. The highest BCUT2D eigenvalue weighted by Gasteiger charge is 2.10. The Morgan fingerprint density at radius 3 is 2.78 bits per heavy atom. The molecular formula is C11H12N4O3. The average Bonchev–Trinajstić information content (AvgIpc) is 2.65. The van der Waals surface area contributed by atoms with Gasteiger partial charge in [-0.05, 0) is 12.1 Å². The molecule has 94 valence electrons. The number of para-hydroxylation sites is 2. The lowest BCUT2D eigenvalue weighted by Gasteiger charge is -2.05. The maximum Gasteiger partial charge on any atom is 0.323 e. The summed E-state index contributed by atoms with van der Waals surface area (Å²) in [5.41, 5.74) is 1.64. The fraction of sp³-hybridized carbons (Fsp3) is 0.182. The first kappa shape index (κ1) is 11.9. The Kier molecular flexibility index (Phi) is 3.13. The van der Waals surface area contributed by atoms with Crippen LogP contribution in [0, 0.1) is 0 Å². The van der Waals surface area contributed by atoms with E-state index in [2.05, 4.69) is 15.6 Å². The molecule has 0 aliphatic rings. The lowest BCUT2D eigenvalue weighted by molar-refractivity contribution is -0.135. The molecule has 0 aliphatic heterocycles. The van der Waals surface area contributed by atoms with Crippen molar-refractivity contribution in [3.63, 3.8) is 0 Å². The number of carboxylic acid groups (broad SMARTS) is 1. The smallest absolute Gasteiger partial charge is 0.323 e. The first-order chi connectivity index (χ1) is 8.58. The number of nitrogens with zero attached hydrogens (tertiary/aromatic N) is 2. The zero-order valence-corrected chi connectivity index (χ0v) is 9.67. The van der Waals surface area contributed by atoms with Gasteiger partial charge in [-0.15, -0.1) is 0 Å². The monoisotopic (exact) mass is 248 g/mol. The molecule has 7 nitrogen and oxygen atoms in total. The summed E-state index contributed by atoms with van der Waals surface area (Å²) in [7, 11) is 1.77. The van der Waals surface area contributed by atoms with Crippen LogP contribution in [0.1, 0.15) is 0 Å². The van der Waals surface area contributed by atoms with E-state index in [1.165, 1.54) is 0 Å². The SMILES string of the molecule is Cn1c(NC(=O)NCC(=O)O)nc2ccccc21. The van der Waals surface area contributed by atoms with Crippen LogP contribution in [0.3, 0.4) is 0 Å². The molecule has 2 aromatic rings. The van der Waals surface area contributed by atoms with Gasteiger partial charge in [-0.2, -0.15) is 0 Å². The highest BCUT2D eigenvalue weighted by molar-refractivity contribution is 5.91. The number of nitrogens with one attached hydrogen (secondary N) is 2. The topological polar surface area (TPSA) is 96.2 Å². The predicted octanol–water partition coefficient (Wildman–Crippen LogP) is 0.779. The Labute approximate surface area is 102 Å². The lowest BCUT2D eigenvalue weighted by Crippen LogP contribution is -2.33. The van der Waals surface area contributed by atoms with Gasteiger partial charge in [0, 0.05) is 7.05 Å². The van der Waals surface area contributed by atoms with Gasteiger partial charge in [0.25, 0.3) is 0 Å². The number of aryl methyl sites for hydroxylation is 1. The fourth-order valence-corrected chi connectivity index (χ4v) is 1.56. The minimum Gasteiger partial charge on any atom is -0.480 e. The number of benzene rings is 1. The highest BCUT2D eigenvalue weighted by Crippen LogP contribution is 2.17. The third kappa shape index (κ3) is 2.40. The summed E-state index contributed by atoms with van der Waals surface area (Å²) in [5, 5.41) is 13.1. The lowest BCUT2D eigenvalue weighted by atomic mass is 10.3. The number of imidazole rings is 1. The number of urea groups is 1. The molecule has 3 N–H and O–H groups in total. The van der Waals surface area contributed by atoms with Crippen LogP contribution in [-0.2, 0) is 11.8 Å². The number of carboxylic acids is 1. The van der Waals surface area contributed by atoms with E-state index in [4.69, 9.17) is 5.11 Å². The summed E-state index contributed by atoms with van der Waals surface area (Å²) in [6.45, 7) is -0.435. The normalized spacial score (nSPS) is 10.3. The van der Waals surface area contributed by atoms with E-state index in [1.807, 2.05) is 24.3 Å². The standard InChI is InChI=1S/C11H12N4O3/c1-15-8-5-3-2-4-7(8)13-10(15)14-11(18)12-6-9(16)17/h2-5H,6H2,1H3,(H,16,17)(H2,12,13,14,18). The third-order valence-electron chi connectivity index (χ3n) is 2.41. The first-order valence-corrected chi connectivity index (χ1v) is 5.26. The number of fused-ring (bicyclic) bond motifs is 1. The van der Waals surface area contributed by atoms with E-state index in [0.29, 0.717) is 5.95 Å². The molecule has 1 heterocycles. The third-order valence-corrected chi connectivity index (χ3v) is 2.41. The number of hydrogen-bond acceptors (Lipinski definition) is 3. The molecule has 0 radical (unpaired) electrons. The average molecular weight is 248 g/mol. The largest absolute Gasteiger partial charge is 0.480 e. The van der Waals surface area contributed by atoms with Gasteiger partial charge in [0.15, 0.2) is 0 Å². The summed E-state index contributed by atoms with van der Waals surface area (Å²) in [6, 6.07) is 6.83. The van der Waals surface area contributed by atoms with Crippen LogP contribution in [0.4, 0.5) is 10.7 Å². The Morgan fingerprint density at radius 1 is 1.39 bits per heavy atom. The molecule has 1 aromatic carbocycles. The van der Waals surface area contributed by atoms with E-state index in [0.717, 1.165) is 11.0 Å². The van der Waals surface area contributed by atoms with Crippen LogP contribution in [0.15, 0.2) is 24.3 Å². The second kappa shape index (κ2) is 4.74. The minimum atomic E-state index is -1.10. The highest BCUT2D eigenvalue weighted by atomic mass is 16.4. The van der Waals surface area contributed by atoms with Crippen LogP contribution in [0.25, 0.3) is 11.0 Å². The zero-order valence-electron chi connectivity index (χ0n) is 9.67. The predicted molar refractivity (Wildman–Crippen MR) is 65.4 cm³/mol. The zero-order chi connectivity index (χ0) is 13.1. The van der Waals surface area contributed by atoms with Crippen molar-refractivity contribution in [2.75, 3.05) is 11.9 Å². The summed E-state index contributed by atoms with van der Waals surface area (Å²) in [4.78, 5) is 25.9. The minimum absolute atomic E-state index is 0.360. The molecule has 0 fully saturated rings. The molecule has 1 aromatic heterocycles. The molecule has 0 saturated heterocycles. The number of hydrogen-bond donors (Lipinski definition) is 3. The molecule has 0 atom stereocenters. The van der Waals surface area contributed by atoms with Gasteiger partial charge in [0.2, 0.25) is 5.95 Å². The van der Waals surface area contributed by atoms with Crippen LogP contribution in [0.5, 0.6) is 0 Å². The molecular weight excluding hydrogens is 236 g/mol. The van der Waals surface area contributed by atoms with E-state index in [1.54, 1.807) is 11.6 Å². The fourth-order valence-electron chi connectivity index (χ4n) is 1.56. The van der Waals surface area contributed by atoms with Crippen molar-refractivity contribution in [2.45, 2.75) is 0 Å². The molecule has 2 amide bonds. The van der Waals surface area contributed by atoms with Crippen molar-refractivity contribution in [1.82, 2.24) is 14.9 Å². The number of amides is 2. The maximum absolute atomic E-state index is 11.4. The summed E-state index contributed by atoms with van der Waals surface area (Å²) >= 11 is 0. The number of aliphatic carboxylic acids is 1. The van der Waals surface area contributed by atoms with E-state index < -0.39 is 18.5 Å². The van der Waals surface area contributed by atoms with Gasteiger partial charge in [0.05, 0.1) is 11.0 Å². The van der Waals surface area contributed by atoms with Crippen molar-refractivity contribution in [3.8, 4) is 0 Å². The second-order valence-electron chi connectivity index (χ2n) is 3.68. The quantitative estimate of drug-likeness (QED) is 0.747. The van der Waals surface area contributed by atoms with Gasteiger partial charge in [0.1, 0.15) is 6.54 Å². The van der Waals surface area contributed by atoms with Gasteiger partial charge in [-0.3, -0.25) is 10.1 Å². The summed E-state index contributed by atoms with van der Waals surface area (Å²) in [6.07, 6.45) is 0. The number of carbonyl (C=O) groups excluding carboxylic acids is 1. The molecule has 7 heteroatoms. The van der Waals surface area contributed by atoms with Crippen molar-refractivity contribution in [2.24, 2.45) is 7.05 Å². The molecule has 0 saturated carbocycles. The van der Waals surface area contributed by atoms with Crippen LogP contribution < -0.4 is 10.6 Å². The number of anilines is 1. The molecule has 18 heavy (non-hydrogen) atoms. The summed E-state index contributed by atoms with van der Waals surface area (Å²) in [5.74, 6) is -0.741. The van der Waals surface area contributed by atoms with Gasteiger partial charge < -0.3 is 15.0 Å². The molecule has 0 bridgehead atoms. The van der Waals surface area contributed by atoms with Crippen molar-refractivity contribution < 1.29 is 14.7 Å². The summed E-state index contributed by atoms with van der Waals surface area (Å²) < 4.78 is 1.72. The Balaban J connectivity index is 2.14. The Hall–Kier alpha value is -2.57. The van der Waals surface area contributed by atoms with Crippen molar-refractivity contribution in [3.05, 3.63) is 24.3 Å². The van der Waals surface area contributed by atoms with E-state index in [9.17, 15) is 9.59 Å². The van der Waals surface area contributed by atoms with Crippen LogP contribution >= 0.6 is 0 Å². The second-order valence-corrected chi connectivity index (χ2v) is 3.68. The van der Waals surface area contributed by atoms with Gasteiger partial charge >= 0.3 is 12.0 Å². The molecule has 2 rings (SSSR count). The van der Waals surface area contributed by atoms with Crippen molar-refractivity contribution in [1.29, 1.82) is 0 Å². The number of aromatic nitrogens is 2. The van der Waals surface area contributed by atoms with Gasteiger partial charge in [-0.25, -0.2) is 9.78 Å². The van der Waals surface area contributed by atoms with E-state index in [-0.39, 0.29) is 0 Å². The first-order valence-electron chi connectivity index (χ1n) is 5.26. The number of carbonyl (C=O) groups is 2. The molecule has 0 spiro atoms. The van der Waals surface area contributed by atoms with Crippen molar-refractivity contribution >= 4 is 29.0 Å². The van der Waals surface area contributed by atoms with Crippen LogP contribution in [-0.4, -0.2) is 33.2 Å².